The van der Waals surface area contributed by atoms with Gasteiger partial charge in [0.2, 0.25) is 5.43 Å². The lowest BCUT2D eigenvalue weighted by Gasteiger charge is -2.11. The number of amides is 1. The van der Waals surface area contributed by atoms with Crippen molar-refractivity contribution in [3.63, 3.8) is 0 Å². The number of benzene rings is 1. The van der Waals surface area contributed by atoms with Crippen molar-refractivity contribution in [2.24, 2.45) is 0 Å². The number of carbonyl (C=O) groups is 2. The van der Waals surface area contributed by atoms with Crippen LogP contribution in [0.3, 0.4) is 0 Å². The van der Waals surface area contributed by atoms with E-state index in [9.17, 15) is 14.4 Å². The summed E-state index contributed by atoms with van der Waals surface area (Å²) in [5.41, 5.74) is 1.04. The Kier molecular flexibility index (Phi) is 5.75. The average molecular weight is 400 g/mol. The smallest absolute Gasteiger partial charge is 0.344 e. The topological polar surface area (TPSA) is 90.3 Å². The molecule has 1 amide bonds. The van der Waals surface area contributed by atoms with Crippen molar-refractivity contribution < 1.29 is 14.3 Å². The predicted octanol–water partition coefficient (Wildman–Crippen LogP) is 3.17. The molecule has 0 radical (unpaired) electrons. The fourth-order valence-corrected chi connectivity index (χ4v) is 2.89. The third-order valence-corrected chi connectivity index (χ3v) is 4.43. The van der Waals surface area contributed by atoms with Crippen LogP contribution in [0.5, 0.6) is 0 Å². The number of nitrogens with one attached hydrogen (secondary N) is 1. The molecule has 0 saturated carbocycles. The molecule has 8 heteroatoms. The zero-order valence-electron chi connectivity index (χ0n) is 15.4. The maximum absolute atomic E-state index is 12.7. The van der Waals surface area contributed by atoms with Gasteiger partial charge in [-0.15, -0.1) is 0 Å². The number of aromatic nitrogens is 2. The Bertz CT molecular complexity index is 1120. The molecule has 0 aliphatic heterocycles. The van der Waals surface area contributed by atoms with E-state index in [1.54, 1.807) is 41.0 Å². The van der Waals surface area contributed by atoms with Gasteiger partial charge in [0.15, 0.2) is 6.61 Å². The number of para-hydroxylation sites is 1. The van der Waals surface area contributed by atoms with Crippen LogP contribution in [0.25, 0.3) is 11.0 Å². The van der Waals surface area contributed by atoms with Gasteiger partial charge in [-0.3, -0.25) is 9.59 Å². The van der Waals surface area contributed by atoms with Crippen molar-refractivity contribution in [3.8, 4) is 0 Å². The van der Waals surface area contributed by atoms with Crippen LogP contribution < -0.4 is 10.7 Å². The minimum absolute atomic E-state index is 0.148. The molecule has 0 unspecified atom stereocenters. The minimum atomic E-state index is -0.871. The number of anilines is 1. The molecule has 0 saturated heterocycles. The van der Waals surface area contributed by atoms with Gasteiger partial charge in [0.1, 0.15) is 11.2 Å². The van der Waals surface area contributed by atoms with Gasteiger partial charge in [0.25, 0.3) is 5.91 Å². The standard InChI is InChI=1S/C20H18ClN3O4/c1-3-24-10-14(18(26)13-9-8-12(2)22-19(13)24)20(27)28-11-17(25)23-16-7-5-4-6-15(16)21/h4-10H,3,11H2,1-2H3,(H,23,25). The van der Waals surface area contributed by atoms with Crippen LogP contribution in [0, 0.1) is 6.92 Å². The molecule has 0 atom stereocenters. The van der Waals surface area contributed by atoms with Gasteiger partial charge in [-0.05, 0) is 38.1 Å². The first-order valence-corrected chi connectivity index (χ1v) is 9.00. The molecule has 0 aliphatic rings. The summed E-state index contributed by atoms with van der Waals surface area (Å²) in [6, 6.07) is 10.0. The molecule has 144 valence electrons. The molecular weight excluding hydrogens is 382 g/mol. The highest BCUT2D eigenvalue weighted by atomic mass is 35.5. The van der Waals surface area contributed by atoms with Gasteiger partial charge in [-0.25, -0.2) is 9.78 Å². The zero-order valence-corrected chi connectivity index (χ0v) is 16.1. The molecule has 28 heavy (non-hydrogen) atoms. The molecule has 0 bridgehead atoms. The van der Waals surface area contributed by atoms with Crippen LogP contribution in [0.4, 0.5) is 5.69 Å². The summed E-state index contributed by atoms with van der Waals surface area (Å²) in [5.74, 6) is -1.43. The minimum Gasteiger partial charge on any atom is -0.452 e. The Labute approximate surface area is 165 Å². The maximum Gasteiger partial charge on any atom is 0.344 e. The highest BCUT2D eigenvalue weighted by molar-refractivity contribution is 6.33. The monoisotopic (exact) mass is 399 g/mol. The van der Waals surface area contributed by atoms with Crippen molar-refractivity contribution in [2.75, 3.05) is 11.9 Å². The number of nitrogens with zero attached hydrogens (tertiary/aromatic N) is 2. The lowest BCUT2D eigenvalue weighted by molar-refractivity contribution is -0.119. The summed E-state index contributed by atoms with van der Waals surface area (Å²) in [4.78, 5) is 41.5. The Morgan fingerprint density at radius 3 is 2.68 bits per heavy atom. The number of fused-ring (bicyclic) bond motifs is 1. The second-order valence-corrected chi connectivity index (χ2v) is 6.49. The fraction of sp³-hybridized carbons (Fsp3) is 0.200. The van der Waals surface area contributed by atoms with Crippen LogP contribution in [0.1, 0.15) is 23.0 Å². The van der Waals surface area contributed by atoms with Gasteiger partial charge in [0.05, 0.1) is 16.1 Å². The number of esters is 1. The largest absolute Gasteiger partial charge is 0.452 e. The van der Waals surface area contributed by atoms with E-state index in [4.69, 9.17) is 16.3 Å². The molecule has 0 fully saturated rings. The SMILES string of the molecule is CCn1cc(C(=O)OCC(=O)Nc2ccccc2Cl)c(=O)c2ccc(C)nc21. The van der Waals surface area contributed by atoms with Crippen molar-refractivity contribution in [3.05, 3.63) is 69.1 Å². The summed E-state index contributed by atoms with van der Waals surface area (Å²) < 4.78 is 6.73. The number of aryl methyl sites for hydroxylation is 2. The van der Waals surface area contributed by atoms with Crippen LogP contribution in [0.15, 0.2) is 47.4 Å². The summed E-state index contributed by atoms with van der Waals surface area (Å²) in [6.07, 6.45) is 1.41. The number of ether oxygens (including phenoxy) is 1. The van der Waals surface area contributed by atoms with E-state index in [0.29, 0.717) is 28.3 Å². The summed E-state index contributed by atoms with van der Waals surface area (Å²) in [5, 5.41) is 3.24. The van der Waals surface area contributed by atoms with E-state index in [0.717, 1.165) is 5.69 Å². The van der Waals surface area contributed by atoms with Crippen molar-refractivity contribution >= 4 is 40.2 Å². The van der Waals surface area contributed by atoms with E-state index < -0.39 is 23.9 Å². The van der Waals surface area contributed by atoms with E-state index in [-0.39, 0.29) is 5.56 Å². The third-order valence-electron chi connectivity index (χ3n) is 4.10. The molecule has 2 heterocycles. The van der Waals surface area contributed by atoms with E-state index in [1.807, 2.05) is 13.8 Å². The lowest BCUT2D eigenvalue weighted by Crippen LogP contribution is -2.25. The van der Waals surface area contributed by atoms with Gasteiger partial charge in [0, 0.05) is 18.4 Å². The average Bonchev–Trinajstić information content (AvgIpc) is 2.68. The van der Waals surface area contributed by atoms with Crippen molar-refractivity contribution in [1.29, 1.82) is 0 Å². The quantitative estimate of drug-likeness (QED) is 0.665. The number of hydrogen-bond donors (Lipinski definition) is 1. The first-order chi connectivity index (χ1) is 13.4. The summed E-state index contributed by atoms with van der Waals surface area (Å²) >= 11 is 5.98. The van der Waals surface area contributed by atoms with Crippen LogP contribution in [-0.2, 0) is 16.1 Å². The van der Waals surface area contributed by atoms with E-state index >= 15 is 0 Å². The maximum atomic E-state index is 12.7. The number of rotatable bonds is 5. The predicted molar refractivity (Wildman–Crippen MR) is 107 cm³/mol. The van der Waals surface area contributed by atoms with Crippen LogP contribution in [-0.4, -0.2) is 28.0 Å². The van der Waals surface area contributed by atoms with Crippen molar-refractivity contribution in [2.45, 2.75) is 20.4 Å². The molecule has 1 N–H and O–H groups in total. The molecule has 1 aromatic carbocycles. The second-order valence-electron chi connectivity index (χ2n) is 6.09. The van der Waals surface area contributed by atoms with Crippen LogP contribution >= 0.6 is 11.6 Å². The van der Waals surface area contributed by atoms with Crippen LogP contribution in [0.2, 0.25) is 5.02 Å². The molecule has 2 aromatic heterocycles. The highest BCUT2D eigenvalue weighted by Gasteiger charge is 2.18. The molecular formula is C20H18ClN3O4. The molecule has 3 aromatic rings. The highest BCUT2D eigenvalue weighted by Crippen LogP contribution is 2.20. The zero-order chi connectivity index (χ0) is 20.3. The molecule has 7 nitrogen and oxygen atoms in total. The van der Waals surface area contributed by atoms with Crippen molar-refractivity contribution in [1.82, 2.24) is 9.55 Å². The Hall–Kier alpha value is -3.19. The Morgan fingerprint density at radius 2 is 1.96 bits per heavy atom. The van der Waals surface area contributed by atoms with Gasteiger partial charge in [-0.1, -0.05) is 23.7 Å². The first kappa shape index (κ1) is 19.6. The molecule has 3 rings (SSSR count). The van der Waals surface area contributed by atoms with E-state index in [1.165, 1.54) is 6.20 Å². The number of halogens is 1. The second kappa shape index (κ2) is 8.22. The van der Waals surface area contributed by atoms with Gasteiger partial charge in [-0.2, -0.15) is 0 Å². The van der Waals surface area contributed by atoms with E-state index in [2.05, 4.69) is 10.3 Å². The normalized spacial score (nSPS) is 10.7. The molecule has 0 spiro atoms. The van der Waals surface area contributed by atoms with Gasteiger partial charge >= 0.3 is 5.97 Å². The Morgan fingerprint density at radius 1 is 1.21 bits per heavy atom. The number of hydrogen-bond acceptors (Lipinski definition) is 5. The third kappa shape index (κ3) is 4.04. The number of pyridine rings is 2. The number of carbonyl (C=O) groups excluding carboxylic acids is 2. The first-order valence-electron chi connectivity index (χ1n) is 8.63. The van der Waals surface area contributed by atoms with Gasteiger partial charge < -0.3 is 14.6 Å². The summed E-state index contributed by atoms with van der Waals surface area (Å²) in [7, 11) is 0. The lowest BCUT2D eigenvalue weighted by atomic mass is 10.2. The molecule has 0 aliphatic carbocycles. The fourth-order valence-electron chi connectivity index (χ4n) is 2.70. The summed E-state index contributed by atoms with van der Waals surface area (Å²) in [6.45, 7) is 3.67. The Balaban J connectivity index is 1.79.